The highest BCUT2D eigenvalue weighted by atomic mass is 32.2. The van der Waals surface area contributed by atoms with Gasteiger partial charge in [0.05, 0.1) is 17.0 Å². The van der Waals surface area contributed by atoms with Crippen molar-refractivity contribution in [1.82, 2.24) is 9.71 Å². The fraction of sp³-hybridized carbons (Fsp3) is 0.400. The average Bonchev–Trinajstić information content (AvgIpc) is 2.31. The lowest BCUT2D eigenvalue weighted by atomic mass is 10.3. The molecule has 18 heavy (non-hydrogen) atoms. The van der Waals surface area contributed by atoms with Crippen LogP contribution in [0.1, 0.15) is 12.5 Å². The Kier molecular flexibility index (Phi) is 4.88. The molecule has 0 amide bonds. The molecular formula is C10H15N5O2S. The molecule has 0 fully saturated rings. The molecule has 0 aliphatic heterocycles. The minimum Gasteiger partial charge on any atom is -0.396 e. The van der Waals surface area contributed by atoms with Crippen molar-refractivity contribution in [3.05, 3.63) is 17.8 Å². The van der Waals surface area contributed by atoms with E-state index in [0.29, 0.717) is 23.6 Å². The maximum Gasteiger partial charge on any atom is 0.213 e. The molecule has 0 aliphatic rings. The Bertz CT molecular complexity index is 550. The van der Waals surface area contributed by atoms with Crippen LogP contribution < -0.4 is 15.8 Å². The summed E-state index contributed by atoms with van der Waals surface area (Å²) in [4.78, 5) is 3.94. The Hall–Kier alpha value is -1.85. The second kappa shape index (κ2) is 6.18. The molecule has 0 spiro atoms. The minimum absolute atomic E-state index is 0.0675. The lowest BCUT2D eigenvalue weighted by Crippen LogP contribution is -2.29. The third-order valence-corrected chi connectivity index (χ3v) is 3.54. The van der Waals surface area contributed by atoms with Crippen LogP contribution in [0.25, 0.3) is 0 Å². The summed E-state index contributed by atoms with van der Waals surface area (Å²) in [6, 6.07) is 3.40. The quantitative estimate of drug-likeness (QED) is 0.662. The molecule has 8 heteroatoms. The highest BCUT2D eigenvalue weighted by Gasteiger charge is 2.08. The van der Waals surface area contributed by atoms with Gasteiger partial charge in [-0.05, 0) is 6.07 Å². The van der Waals surface area contributed by atoms with Crippen molar-refractivity contribution in [2.75, 3.05) is 29.9 Å². The predicted octanol–water partition coefficient (Wildman–Crippen LogP) is -0.113. The second-order valence-corrected chi connectivity index (χ2v) is 5.44. The van der Waals surface area contributed by atoms with Crippen LogP contribution in [0.15, 0.2) is 12.3 Å². The van der Waals surface area contributed by atoms with Crippen molar-refractivity contribution in [2.45, 2.75) is 6.92 Å². The number of anilines is 2. The number of sulfonamides is 1. The zero-order valence-corrected chi connectivity index (χ0v) is 10.8. The van der Waals surface area contributed by atoms with Gasteiger partial charge in [-0.15, -0.1) is 0 Å². The zero-order valence-electron chi connectivity index (χ0n) is 9.97. The van der Waals surface area contributed by atoms with Gasteiger partial charge in [-0.3, -0.25) is 0 Å². The third-order valence-electron chi connectivity index (χ3n) is 2.07. The van der Waals surface area contributed by atoms with Crippen LogP contribution >= 0.6 is 0 Å². The molecule has 1 aromatic heterocycles. The third kappa shape index (κ3) is 4.20. The number of nitrogens with one attached hydrogen (secondary N) is 2. The van der Waals surface area contributed by atoms with E-state index in [0.717, 1.165) is 0 Å². The topological polar surface area (TPSA) is 121 Å². The van der Waals surface area contributed by atoms with Gasteiger partial charge in [0, 0.05) is 19.3 Å². The molecule has 1 rings (SSSR count). The molecular weight excluding hydrogens is 254 g/mol. The Morgan fingerprint density at radius 3 is 2.83 bits per heavy atom. The highest BCUT2D eigenvalue weighted by molar-refractivity contribution is 7.89. The Balaban J connectivity index is 2.58. The smallest absolute Gasteiger partial charge is 0.213 e. The fourth-order valence-corrected chi connectivity index (χ4v) is 2.24. The van der Waals surface area contributed by atoms with Crippen LogP contribution in [0, 0.1) is 11.3 Å². The molecule has 0 radical (unpaired) electrons. The van der Waals surface area contributed by atoms with Gasteiger partial charge >= 0.3 is 0 Å². The number of nitrogens with zero attached hydrogens (tertiary/aromatic N) is 2. The normalized spacial score (nSPS) is 10.9. The van der Waals surface area contributed by atoms with Crippen molar-refractivity contribution in [3.8, 4) is 6.07 Å². The first-order chi connectivity index (χ1) is 8.48. The van der Waals surface area contributed by atoms with Gasteiger partial charge in [0.15, 0.2) is 0 Å². The van der Waals surface area contributed by atoms with E-state index in [2.05, 4.69) is 15.0 Å². The van der Waals surface area contributed by atoms with Crippen LogP contribution in [-0.4, -0.2) is 32.2 Å². The molecule has 0 aromatic carbocycles. The monoisotopic (exact) mass is 269 g/mol. The number of pyridine rings is 1. The Labute approximate surface area is 106 Å². The van der Waals surface area contributed by atoms with Gasteiger partial charge in [0.25, 0.3) is 0 Å². The molecule has 0 atom stereocenters. The van der Waals surface area contributed by atoms with Gasteiger partial charge in [0.2, 0.25) is 10.0 Å². The number of hydrogen-bond donors (Lipinski definition) is 3. The molecule has 0 saturated carbocycles. The van der Waals surface area contributed by atoms with E-state index in [4.69, 9.17) is 11.0 Å². The van der Waals surface area contributed by atoms with Crippen molar-refractivity contribution in [3.63, 3.8) is 0 Å². The first kappa shape index (κ1) is 14.2. The van der Waals surface area contributed by atoms with Crippen LogP contribution in [0.5, 0.6) is 0 Å². The Morgan fingerprint density at radius 1 is 1.56 bits per heavy atom. The maximum atomic E-state index is 11.4. The molecule has 98 valence electrons. The van der Waals surface area contributed by atoms with Crippen LogP contribution in [-0.2, 0) is 10.0 Å². The van der Waals surface area contributed by atoms with E-state index >= 15 is 0 Å². The molecule has 0 unspecified atom stereocenters. The van der Waals surface area contributed by atoms with E-state index in [1.807, 2.05) is 6.07 Å². The Morgan fingerprint density at radius 2 is 2.28 bits per heavy atom. The van der Waals surface area contributed by atoms with Crippen molar-refractivity contribution < 1.29 is 8.42 Å². The van der Waals surface area contributed by atoms with Crippen LogP contribution in [0.4, 0.5) is 11.5 Å². The lowest BCUT2D eigenvalue weighted by Gasteiger charge is -2.08. The summed E-state index contributed by atoms with van der Waals surface area (Å²) in [5, 5.41) is 11.5. The second-order valence-electron chi connectivity index (χ2n) is 3.52. The van der Waals surface area contributed by atoms with Crippen molar-refractivity contribution in [2.24, 2.45) is 0 Å². The maximum absolute atomic E-state index is 11.4. The number of aromatic nitrogens is 1. The summed E-state index contributed by atoms with van der Waals surface area (Å²) in [5.74, 6) is 0.308. The zero-order chi connectivity index (χ0) is 13.6. The summed E-state index contributed by atoms with van der Waals surface area (Å²) in [6.07, 6.45) is 1.37. The summed E-state index contributed by atoms with van der Waals surface area (Å²) >= 11 is 0. The molecule has 0 bridgehead atoms. The average molecular weight is 269 g/mol. The lowest BCUT2D eigenvalue weighted by molar-refractivity contribution is 0.584. The molecule has 0 aliphatic carbocycles. The molecule has 4 N–H and O–H groups in total. The van der Waals surface area contributed by atoms with E-state index in [9.17, 15) is 8.42 Å². The van der Waals surface area contributed by atoms with Gasteiger partial charge in [-0.25, -0.2) is 18.1 Å². The van der Waals surface area contributed by atoms with Gasteiger partial charge in [-0.1, -0.05) is 6.92 Å². The van der Waals surface area contributed by atoms with Gasteiger partial charge < -0.3 is 11.1 Å². The minimum atomic E-state index is -3.26. The highest BCUT2D eigenvalue weighted by Crippen LogP contribution is 2.15. The SMILES string of the molecule is CCNS(=O)(=O)CCNc1ncc(C#N)cc1N. The number of rotatable bonds is 6. The van der Waals surface area contributed by atoms with E-state index < -0.39 is 10.0 Å². The predicted molar refractivity (Wildman–Crippen MR) is 69.3 cm³/mol. The first-order valence-corrected chi connectivity index (χ1v) is 7.00. The van der Waals surface area contributed by atoms with Crippen molar-refractivity contribution in [1.29, 1.82) is 5.26 Å². The van der Waals surface area contributed by atoms with E-state index in [1.165, 1.54) is 12.3 Å². The largest absolute Gasteiger partial charge is 0.396 e. The number of nitriles is 1. The van der Waals surface area contributed by atoms with E-state index in [-0.39, 0.29) is 12.3 Å². The molecule has 1 heterocycles. The summed E-state index contributed by atoms with van der Waals surface area (Å²) in [7, 11) is -3.26. The molecule has 7 nitrogen and oxygen atoms in total. The summed E-state index contributed by atoms with van der Waals surface area (Å²) in [5.41, 5.74) is 6.34. The standard InChI is InChI=1S/C10H15N5O2S/c1-2-15-18(16,17)4-3-13-10-9(12)5-8(6-11)7-14-10/h5,7,15H,2-4,12H2,1H3,(H,13,14). The fourth-order valence-electron chi connectivity index (χ4n) is 1.29. The first-order valence-electron chi connectivity index (χ1n) is 5.35. The summed E-state index contributed by atoms with van der Waals surface area (Å²) < 4.78 is 25.1. The van der Waals surface area contributed by atoms with Crippen molar-refractivity contribution >= 4 is 21.5 Å². The van der Waals surface area contributed by atoms with Crippen LogP contribution in [0.3, 0.4) is 0 Å². The van der Waals surface area contributed by atoms with E-state index in [1.54, 1.807) is 6.92 Å². The summed E-state index contributed by atoms with van der Waals surface area (Å²) in [6.45, 7) is 2.27. The van der Waals surface area contributed by atoms with Gasteiger partial charge in [0.1, 0.15) is 11.9 Å². The molecule has 0 saturated heterocycles. The number of hydrogen-bond acceptors (Lipinski definition) is 6. The number of nitrogen functional groups attached to an aromatic ring is 1. The van der Waals surface area contributed by atoms with Crippen LogP contribution in [0.2, 0.25) is 0 Å². The van der Waals surface area contributed by atoms with Gasteiger partial charge in [-0.2, -0.15) is 5.26 Å². The molecule has 1 aromatic rings. The number of nitrogens with two attached hydrogens (primary N) is 1.